The molecule has 0 heterocycles. The van der Waals surface area contributed by atoms with Crippen LogP contribution in [-0.2, 0) is 0 Å². The van der Waals surface area contributed by atoms with E-state index in [1.807, 2.05) is 0 Å². The molecule has 1 aromatic rings. The summed E-state index contributed by atoms with van der Waals surface area (Å²) in [5, 5.41) is 0. The molecule has 0 heteroatoms. The number of aryl methyl sites for hydroxylation is 1. The minimum atomic E-state index is 0.686. The molecule has 1 fully saturated rings. The lowest BCUT2D eigenvalue weighted by Crippen LogP contribution is -1.91. The van der Waals surface area contributed by atoms with Crippen LogP contribution in [0.3, 0.4) is 0 Å². The van der Waals surface area contributed by atoms with Gasteiger partial charge in [-0.05, 0) is 44.6 Å². The van der Waals surface area contributed by atoms with Crippen LogP contribution < -0.4 is 0 Å². The lowest BCUT2D eigenvalue weighted by atomic mass is 9.99. The van der Waals surface area contributed by atoms with Gasteiger partial charge >= 0.3 is 0 Å². The SMILES string of the molecule is C/C=C/C1CCC/C1=C\c1ccc(C)cc1. The van der Waals surface area contributed by atoms with Crippen LogP contribution >= 0.6 is 0 Å². The maximum atomic E-state index is 2.37. The van der Waals surface area contributed by atoms with Crippen molar-refractivity contribution >= 4 is 6.08 Å². The van der Waals surface area contributed by atoms with E-state index in [0.717, 1.165) is 0 Å². The Hall–Kier alpha value is -1.30. The Bertz CT molecular complexity index is 393. The van der Waals surface area contributed by atoms with Crippen LogP contribution in [0.15, 0.2) is 42.0 Å². The van der Waals surface area contributed by atoms with Crippen molar-refractivity contribution in [3.63, 3.8) is 0 Å². The zero-order valence-electron chi connectivity index (χ0n) is 10.2. The Morgan fingerprint density at radius 1 is 1.19 bits per heavy atom. The summed E-state index contributed by atoms with van der Waals surface area (Å²) in [5.74, 6) is 0.686. The Kier molecular flexibility index (Phi) is 3.61. The van der Waals surface area contributed by atoms with Crippen molar-refractivity contribution < 1.29 is 0 Å². The molecule has 1 atom stereocenters. The Balaban J connectivity index is 2.19. The maximum absolute atomic E-state index is 2.37. The number of hydrogen-bond donors (Lipinski definition) is 0. The van der Waals surface area contributed by atoms with Crippen LogP contribution in [-0.4, -0.2) is 0 Å². The quantitative estimate of drug-likeness (QED) is 0.620. The Morgan fingerprint density at radius 3 is 2.62 bits per heavy atom. The third kappa shape index (κ3) is 2.63. The third-order valence-electron chi connectivity index (χ3n) is 3.31. The van der Waals surface area contributed by atoms with Crippen LogP contribution in [0.25, 0.3) is 6.08 Å². The van der Waals surface area contributed by atoms with Crippen molar-refractivity contribution in [1.82, 2.24) is 0 Å². The van der Waals surface area contributed by atoms with Crippen molar-refractivity contribution in [3.05, 3.63) is 53.1 Å². The fourth-order valence-corrected chi connectivity index (χ4v) is 2.40. The van der Waals surface area contributed by atoms with Gasteiger partial charge in [-0.2, -0.15) is 0 Å². The number of hydrogen-bond acceptors (Lipinski definition) is 0. The predicted octanol–water partition coefficient (Wildman–Crippen LogP) is 4.75. The molecule has 1 aromatic carbocycles. The van der Waals surface area contributed by atoms with Crippen molar-refractivity contribution in [2.24, 2.45) is 5.92 Å². The second-order valence-electron chi connectivity index (χ2n) is 4.65. The van der Waals surface area contributed by atoms with Crippen LogP contribution in [0.5, 0.6) is 0 Å². The van der Waals surface area contributed by atoms with Gasteiger partial charge in [0.1, 0.15) is 0 Å². The van der Waals surface area contributed by atoms with E-state index in [1.165, 1.54) is 30.4 Å². The minimum absolute atomic E-state index is 0.686. The molecular weight excluding hydrogens is 192 g/mol. The van der Waals surface area contributed by atoms with Crippen LogP contribution in [0, 0.1) is 12.8 Å². The summed E-state index contributed by atoms with van der Waals surface area (Å²) >= 11 is 0. The maximum Gasteiger partial charge on any atom is -0.00199 e. The highest BCUT2D eigenvalue weighted by molar-refractivity contribution is 5.55. The van der Waals surface area contributed by atoms with Gasteiger partial charge in [0.05, 0.1) is 0 Å². The first-order chi connectivity index (χ1) is 7.79. The molecule has 1 saturated carbocycles. The van der Waals surface area contributed by atoms with E-state index >= 15 is 0 Å². The minimum Gasteiger partial charge on any atom is -0.0911 e. The normalized spacial score (nSPS) is 23.4. The van der Waals surface area contributed by atoms with E-state index in [-0.39, 0.29) is 0 Å². The first-order valence-corrected chi connectivity index (χ1v) is 6.19. The average molecular weight is 212 g/mol. The van der Waals surface area contributed by atoms with Gasteiger partial charge in [-0.3, -0.25) is 0 Å². The second-order valence-corrected chi connectivity index (χ2v) is 4.65. The number of rotatable bonds is 2. The van der Waals surface area contributed by atoms with Gasteiger partial charge in [0.15, 0.2) is 0 Å². The summed E-state index contributed by atoms with van der Waals surface area (Å²) in [7, 11) is 0. The summed E-state index contributed by atoms with van der Waals surface area (Å²) in [6.45, 7) is 4.25. The van der Waals surface area contributed by atoms with E-state index in [2.05, 4.69) is 56.3 Å². The molecule has 1 aliphatic carbocycles. The zero-order valence-corrected chi connectivity index (χ0v) is 10.2. The van der Waals surface area contributed by atoms with Gasteiger partial charge in [0.2, 0.25) is 0 Å². The zero-order chi connectivity index (χ0) is 11.4. The Labute approximate surface area is 98.7 Å². The average Bonchev–Trinajstić information content (AvgIpc) is 2.70. The summed E-state index contributed by atoms with van der Waals surface area (Å²) in [6.07, 6.45) is 10.8. The molecule has 0 aromatic heterocycles. The molecule has 84 valence electrons. The smallest absolute Gasteiger partial charge is 0.00199 e. The lowest BCUT2D eigenvalue weighted by molar-refractivity contribution is 0.766. The van der Waals surface area contributed by atoms with Crippen molar-refractivity contribution in [3.8, 4) is 0 Å². The highest BCUT2D eigenvalue weighted by Gasteiger charge is 2.17. The summed E-state index contributed by atoms with van der Waals surface area (Å²) < 4.78 is 0. The monoisotopic (exact) mass is 212 g/mol. The van der Waals surface area contributed by atoms with E-state index in [1.54, 1.807) is 5.57 Å². The van der Waals surface area contributed by atoms with Crippen molar-refractivity contribution in [2.75, 3.05) is 0 Å². The summed E-state index contributed by atoms with van der Waals surface area (Å²) in [5.41, 5.74) is 4.28. The van der Waals surface area contributed by atoms with Gasteiger partial charge in [-0.25, -0.2) is 0 Å². The number of benzene rings is 1. The second kappa shape index (κ2) is 5.16. The molecule has 16 heavy (non-hydrogen) atoms. The standard InChI is InChI=1S/C16H20/c1-3-5-15-6-4-7-16(15)12-14-10-8-13(2)9-11-14/h3,5,8-12,15H,4,6-7H2,1-2H3/b5-3+,16-12+. The molecule has 1 unspecified atom stereocenters. The van der Waals surface area contributed by atoms with E-state index in [0.29, 0.717) is 5.92 Å². The summed E-state index contributed by atoms with van der Waals surface area (Å²) in [6, 6.07) is 8.80. The molecule has 0 radical (unpaired) electrons. The van der Waals surface area contributed by atoms with Gasteiger partial charge in [-0.15, -0.1) is 0 Å². The molecule has 0 spiro atoms. The van der Waals surface area contributed by atoms with Crippen LogP contribution in [0.1, 0.15) is 37.3 Å². The lowest BCUT2D eigenvalue weighted by Gasteiger charge is -2.06. The molecule has 0 N–H and O–H groups in total. The molecule has 0 amide bonds. The van der Waals surface area contributed by atoms with Gasteiger partial charge in [0, 0.05) is 0 Å². The van der Waals surface area contributed by atoms with Gasteiger partial charge < -0.3 is 0 Å². The topological polar surface area (TPSA) is 0 Å². The number of allylic oxidation sites excluding steroid dienone is 3. The largest absolute Gasteiger partial charge is 0.0911 e. The molecule has 0 bridgehead atoms. The fraction of sp³-hybridized carbons (Fsp3) is 0.375. The molecule has 0 aliphatic heterocycles. The van der Waals surface area contributed by atoms with E-state index in [4.69, 9.17) is 0 Å². The molecule has 1 aliphatic rings. The molecular formula is C16H20. The van der Waals surface area contributed by atoms with Gasteiger partial charge in [0.25, 0.3) is 0 Å². The predicted molar refractivity (Wildman–Crippen MR) is 71.3 cm³/mol. The Morgan fingerprint density at radius 2 is 1.94 bits per heavy atom. The van der Waals surface area contributed by atoms with Gasteiger partial charge in [-0.1, -0.05) is 53.6 Å². The van der Waals surface area contributed by atoms with Crippen molar-refractivity contribution in [1.29, 1.82) is 0 Å². The highest BCUT2D eigenvalue weighted by atomic mass is 14.2. The van der Waals surface area contributed by atoms with E-state index < -0.39 is 0 Å². The van der Waals surface area contributed by atoms with Crippen LogP contribution in [0.4, 0.5) is 0 Å². The van der Waals surface area contributed by atoms with E-state index in [9.17, 15) is 0 Å². The first kappa shape index (κ1) is 11.2. The molecule has 0 nitrogen and oxygen atoms in total. The highest BCUT2D eigenvalue weighted by Crippen LogP contribution is 2.33. The first-order valence-electron chi connectivity index (χ1n) is 6.19. The van der Waals surface area contributed by atoms with Crippen LogP contribution in [0.2, 0.25) is 0 Å². The molecule has 2 rings (SSSR count). The molecule has 0 saturated heterocycles. The fourth-order valence-electron chi connectivity index (χ4n) is 2.40. The third-order valence-corrected chi connectivity index (χ3v) is 3.31. The summed E-state index contributed by atoms with van der Waals surface area (Å²) in [4.78, 5) is 0. The van der Waals surface area contributed by atoms with Crippen molar-refractivity contribution in [2.45, 2.75) is 33.1 Å².